The van der Waals surface area contributed by atoms with Crippen LogP contribution in [0.3, 0.4) is 0 Å². The number of nitrogens with zero attached hydrogens (tertiary/aromatic N) is 1. The van der Waals surface area contributed by atoms with Crippen molar-refractivity contribution in [2.75, 3.05) is 20.8 Å². The summed E-state index contributed by atoms with van der Waals surface area (Å²) in [6.45, 7) is 2.66. The van der Waals surface area contributed by atoms with Gasteiger partial charge in [0.15, 0.2) is 11.5 Å². The van der Waals surface area contributed by atoms with Gasteiger partial charge in [0, 0.05) is 0 Å². The number of hydrogen-bond acceptors (Lipinski definition) is 5. The van der Waals surface area contributed by atoms with Crippen LogP contribution in [0.2, 0.25) is 0 Å². The van der Waals surface area contributed by atoms with Gasteiger partial charge < -0.3 is 14.2 Å². The summed E-state index contributed by atoms with van der Waals surface area (Å²) in [6, 6.07) is 12.4. The lowest BCUT2D eigenvalue weighted by Crippen LogP contribution is -2.18. The van der Waals surface area contributed by atoms with Gasteiger partial charge in [-0.1, -0.05) is 19.1 Å². The monoisotopic (exact) mass is 342 g/mol. The van der Waals surface area contributed by atoms with Crippen LogP contribution in [-0.2, 0) is 0 Å². The quantitative estimate of drug-likeness (QED) is 0.590. The van der Waals surface area contributed by atoms with Gasteiger partial charge in [-0.05, 0) is 42.3 Å². The number of benzene rings is 2. The van der Waals surface area contributed by atoms with Crippen molar-refractivity contribution in [3.8, 4) is 17.2 Å². The van der Waals surface area contributed by atoms with Crippen molar-refractivity contribution in [2.24, 2.45) is 5.10 Å². The first-order chi connectivity index (χ1) is 12.2. The second-order valence-electron chi connectivity index (χ2n) is 5.16. The highest BCUT2D eigenvalue weighted by Crippen LogP contribution is 2.27. The lowest BCUT2D eigenvalue weighted by molar-refractivity contribution is 0.0952. The smallest absolute Gasteiger partial charge is 0.275 e. The standard InChI is InChI=1S/C19H22N2O4/c1-4-11-25-17-10-9-14(12-18(17)24-3)13-20-21-19(22)15-7-5-6-8-16(15)23-2/h5-10,12-13H,4,11H2,1-3H3,(H,21,22)/b20-13+. The van der Waals surface area contributed by atoms with Gasteiger partial charge in [-0.15, -0.1) is 0 Å². The fourth-order valence-corrected chi connectivity index (χ4v) is 2.15. The molecule has 6 heteroatoms. The van der Waals surface area contributed by atoms with Crippen LogP contribution in [-0.4, -0.2) is 32.9 Å². The number of amides is 1. The van der Waals surface area contributed by atoms with E-state index in [4.69, 9.17) is 14.2 Å². The van der Waals surface area contributed by atoms with Gasteiger partial charge in [0.05, 0.1) is 32.6 Å². The summed E-state index contributed by atoms with van der Waals surface area (Å²) in [7, 11) is 3.10. The van der Waals surface area contributed by atoms with Gasteiger partial charge in [0.1, 0.15) is 5.75 Å². The minimum atomic E-state index is -0.344. The van der Waals surface area contributed by atoms with E-state index in [1.165, 1.54) is 7.11 Å². The van der Waals surface area contributed by atoms with Crippen molar-refractivity contribution in [2.45, 2.75) is 13.3 Å². The minimum Gasteiger partial charge on any atom is -0.496 e. The van der Waals surface area contributed by atoms with Gasteiger partial charge >= 0.3 is 0 Å². The number of carbonyl (C=O) groups excluding carboxylic acids is 1. The molecule has 0 aliphatic carbocycles. The molecule has 0 atom stereocenters. The summed E-state index contributed by atoms with van der Waals surface area (Å²) in [5, 5.41) is 3.98. The molecule has 6 nitrogen and oxygen atoms in total. The first-order valence-corrected chi connectivity index (χ1v) is 7.96. The number of ether oxygens (including phenoxy) is 3. The van der Waals surface area contributed by atoms with E-state index >= 15 is 0 Å². The Morgan fingerprint density at radius 3 is 2.56 bits per heavy atom. The molecule has 2 rings (SSSR count). The van der Waals surface area contributed by atoms with Crippen LogP contribution in [0.4, 0.5) is 0 Å². The molecular weight excluding hydrogens is 320 g/mol. The third-order valence-corrected chi connectivity index (χ3v) is 3.38. The number of carbonyl (C=O) groups is 1. The molecule has 25 heavy (non-hydrogen) atoms. The first kappa shape index (κ1) is 18.3. The Labute approximate surface area is 147 Å². The minimum absolute atomic E-state index is 0.344. The number of methoxy groups -OCH3 is 2. The Hall–Kier alpha value is -3.02. The van der Waals surface area contributed by atoms with Crippen LogP contribution in [0.25, 0.3) is 0 Å². The highest BCUT2D eigenvalue weighted by molar-refractivity contribution is 5.97. The van der Waals surface area contributed by atoms with E-state index in [0.717, 1.165) is 12.0 Å². The number of hydrazone groups is 1. The zero-order chi connectivity index (χ0) is 18.1. The highest BCUT2D eigenvalue weighted by Gasteiger charge is 2.10. The third-order valence-electron chi connectivity index (χ3n) is 3.38. The SMILES string of the molecule is CCCOc1ccc(/C=N/NC(=O)c2ccccc2OC)cc1OC. The van der Waals surface area contributed by atoms with Crippen molar-refractivity contribution < 1.29 is 19.0 Å². The molecule has 0 radical (unpaired) electrons. The largest absolute Gasteiger partial charge is 0.496 e. The normalized spacial score (nSPS) is 10.5. The predicted molar refractivity (Wildman–Crippen MR) is 96.8 cm³/mol. The van der Waals surface area contributed by atoms with Crippen molar-refractivity contribution >= 4 is 12.1 Å². The Balaban J connectivity index is 2.05. The van der Waals surface area contributed by atoms with Gasteiger partial charge in [-0.2, -0.15) is 5.10 Å². The van der Waals surface area contributed by atoms with E-state index in [9.17, 15) is 4.79 Å². The molecule has 0 spiro atoms. The fourth-order valence-electron chi connectivity index (χ4n) is 2.15. The molecule has 2 aromatic carbocycles. The van der Waals surface area contributed by atoms with E-state index < -0.39 is 0 Å². The Morgan fingerprint density at radius 1 is 1.08 bits per heavy atom. The topological polar surface area (TPSA) is 69.2 Å². The van der Waals surface area contributed by atoms with E-state index in [1.807, 2.05) is 19.1 Å². The Morgan fingerprint density at radius 2 is 1.84 bits per heavy atom. The van der Waals surface area contributed by atoms with Crippen LogP contribution in [0, 0.1) is 0 Å². The molecule has 0 saturated heterocycles. The Kier molecular flexibility index (Phi) is 6.83. The average Bonchev–Trinajstić information content (AvgIpc) is 2.66. The molecular formula is C19H22N2O4. The lowest BCUT2D eigenvalue weighted by atomic mass is 10.2. The zero-order valence-electron chi connectivity index (χ0n) is 14.6. The van der Waals surface area contributed by atoms with Crippen LogP contribution in [0.5, 0.6) is 17.2 Å². The van der Waals surface area contributed by atoms with Gasteiger partial charge in [-0.3, -0.25) is 4.79 Å². The molecule has 132 valence electrons. The molecule has 0 heterocycles. The molecule has 0 aromatic heterocycles. The Bertz CT molecular complexity index is 744. The van der Waals surface area contributed by atoms with Crippen LogP contribution in [0.1, 0.15) is 29.3 Å². The number of para-hydroxylation sites is 1. The maximum atomic E-state index is 12.2. The van der Waals surface area contributed by atoms with Gasteiger partial charge in [-0.25, -0.2) is 5.43 Å². The van der Waals surface area contributed by atoms with Crippen LogP contribution < -0.4 is 19.6 Å². The van der Waals surface area contributed by atoms with E-state index in [2.05, 4.69) is 10.5 Å². The summed E-state index contributed by atoms with van der Waals surface area (Å²) in [5.41, 5.74) is 3.69. The molecule has 1 amide bonds. The van der Waals surface area contributed by atoms with Crippen molar-refractivity contribution in [1.29, 1.82) is 0 Å². The summed E-state index contributed by atoms with van der Waals surface area (Å²) in [6.07, 6.45) is 2.46. The molecule has 0 aliphatic heterocycles. The molecule has 0 fully saturated rings. The first-order valence-electron chi connectivity index (χ1n) is 7.96. The van der Waals surface area contributed by atoms with E-state index in [1.54, 1.807) is 43.7 Å². The molecule has 2 aromatic rings. The van der Waals surface area contributed by atoms with Crippen LogP contribution >= 0.6 is 0 Å². The van der Waals surface area contributed by atoms with Crippen LogP contribution in [0.15, 0.2) is 47.6 Å². The number of rotatable bonds is 8. The van der Waals surface area contributed by atoms with Gasteiger partial charge in [0.25, 0.3) is 5.91 Å². The molecule has 0 bridgehead atoms. The highest BCUT2D eigenvalue weighted by atomic mass is 16.5. The van der Waals surface area contributed by atoms with E-state index in [0.29, 0.717) is 29.4 Å². The lowest BCUT2D eigenvalue weighted by Gasteiger charge is -2.10. The molecule has 0 saturated carbocycles. The van der Waals surface area contributed by atoms with Crippen molar-refractivity contribution in [3.05, 3.63) is 53.6 Å². The zero-order valence-corrected chi connectivity index (χ0v) is 14.6. The van der Waals surface area contributed by atoms with Gasteiger partial charge in [0.2, 0.25) is 0 Å². The maximum absolute atomic E-state index is 12.2. The molecule has 0 unspecified atom stereocenters. The second-order valence-corrected chi connectivity index (χ2v) is 5.16. The third kappa shape index (κ3) is 4.97. The number of hydrogen-bond donors (Lipinski definition) is 1. The summed E-state index contributed by atoms with van der Waals surface area (Å²) in [5.74, 6) is 1.45. The molecule has 1 N–H and O–H groups in total. The summed E-state index contributed by atoms with van der Waals surface area (Å²) >= 11 is 0. The second kappa shape index (κ2) is 9.32. The summed E-state index contributed by atoms with van der Waals surface area (Å²) in [4.78, 5) is 12.2. The summed E-state index contributed by atoms with van der Waals surface area (Å²) < 4.78 is 16.1. The predicted octanol–water partition coefficient (Wildman–Crippen LogP) is 3.26. The average molecular weight is 342 g/mol. The van der Waals surface area contributed by atoms with Crippen molar-refractivity contribution in [3.63, 3.8) is 0 Å². The maximum Gasteiger partial charge on any atom is 0.275 e. The molecule has 0 aliphatic rings. The fraction of sp³-hybridized carbons (Fsp3) is 0.263. The van der Waals surface area contributed by atoms with Crippen molar-refractivity contribution in [1.82, 2.24) is 5.43 Å². The van der Waals surface area contributed by atoms with E-state index in [-0.39, 0.29) is 5.91 Å². The number of nitrogens with one attached hydrogen (secondary N) is 1.